The minimum Gasteiger partial charge on any atom is -0.447 e. The Balaban J connectivity index is 2.31. The van der Waals surface area contributed by atoms with Crippen LogP contribution < -0.4 is 10.1 Å². The van der Waals surface area contributed by atoms with Gasteiger partial charge in [0.2, 0.25) is 5.95 Å². The van der Waals surface area contributed by atoms with E-state index < -0.39 is 6.10 Å². The highest BCUT2D eigenvalue weighted by atomic mass is 16.5. The summed E-state index contributed by atoms with van der Waals surface area (Å²) in [5.74, 6) is 3.28. The van der Waals surface area contributed by atoms with Crippen LogP contribution in [-0.2, 0) is 0 Å². The number of ether oxygens (including phenoxy) is 1. The fraction of sp³-hybridized carbons (Fsp3) is 0.385. The van der Waals surface area contributed by atoms with Gasteiger partial charge in [0.15, 0.2) is 6.10 Å². The summed E-state index contributed by atoms with van der Waals surface area (Å²) < 4.78 is 6.98. The van der Waals surface area contributed by atoms with Crippen molar-refractivity contribution in [1.82, 2.24) is 24.7 Å². The second kappa shape index (κ2) is 6.52. The number of terminal acetylenes is 1. The molecule has 0 aliphatic heterocycles. The maximum atomic E-state index is 5.44. The minimum absolute atomic E-state index is 0.176. The average molecular weight is 272 g/mol. The molecule has 2 aromatic rings. The second-order valence-electron chi connectivity index (χ2n) is 4.05. The van der Waals surface area contributed by atoms with E-state index in [2.05, 4.69) is 38.2 Å². The van der Waals surface area contributed by atoms with E-state index in [0.29, 0.717) is 11.9 Å². The summed E-state index contributed by atoms with van der Waals surface area (Å²) in [5.41, 5.74) is 0. The Labute approximate surface area is 117 Å². The fourth-order valence-electron chi connectivity index (χ4n) is 1.40. The third-order valence-corrected chi connectivity index (χ3v) is 2.36. The summed E-state index contributed by atoms with van der Waals surface area (Å²) in [5, 5.41) is 7.18. The van der Waals surface area contributed by atoms with Gasteiger partial charge in [-0.2, -0.15) is 20.1 Å². The first-order chi connectivity index (χ1) is 9.72. The molecule has 0 aliphatic rings. The topological polar surface area (TPSA) is 77.8 Å². The quantitative estimate of drug-likeness (QED) is 0.798. The standard InChI is InChI=1S/C13H16N6O/c1-4-7-14-11-16-12(19-9-6-8-15-19)18-13(17-11)20-10(3)5-2/h2,6,8-10H,4,7H2,1,3H3,(H,14,16,17,18). The Kier molecular flexibility index (Phi) is 4.50. The maximum Gasteiger partial charge on any atom is 0.324 e. The van der Waals surface area contributed by atoms with Crippen LogP contribution in [0.25, 0.3) is 5.95 Å². The molecule has 7 nitrogen and oxygen atoms in total. The van der Waals surface area contributed by atoms with Gasteiger partial charge in [0.05, 0.1) is 0 Å². The van der Waals surface area contributed by atoms with Gasteiger partial charge in [-0.15, -0.1) is 6.42 Å². The number of aromatic nitrogens is 5. The van der Waals surface area contributed by atoms with Gasteiger partial charge in [-0.3, -0.25) is 0 Å². The zero-order chi connectivity index (χ0) is 14.4. The Morgan fingerprint density at radius 3 is 2.95 bits per heavy atom. The molecule has 0 saturated heterocycles. The molecule has 0 aromatic carbocycles. The molecule has 104 valence electrons. The average Bonchev–Trinajstić information content (AvgIpc) is 2.99. The predicted molar refractivity (Wildman–Crippen MR) is 74.7 cm³/mol. The normalized spacial score (nSPS) is 11.7. The summed E-state index contributed by atoms with van der Waals surface area (Å²) in [7, 11) is 0. The lowest BCUT2D eigenvalue weighted by Gasteiger charge is -2.10. The first-order valence-electron chi connectivity index (χ1n) is 6.35. The number of hydrogen-bond acceptors (Lipinski definition) is 6. The predicted octanol–water partition coefficient (Wildman–Crippen LogP) is 1.28. The van der Waals surface area contributed by atoms with E-state index in [9.17, 15) is 0 Å². The van der Waals surface area contributed by atoms with Crippen LogP contribution in [0.15, 0.2) is 18.5 Å². The molecule has 2 rings (SSSR count). The second-order valence-corrected chi connectivity index (χ2v) is 4.05. The summed E-state index contributed by atoms with van der Waals surface area (Å²) >= 11 is 0. The molecule has 0 radical (unpaired) electrons. The van der Waals surface area contributed by atoms with Gasteiger partial charge >= 0.3 is 6.01 Å². The van der Waals surface area contributed by atoms with Gasteiger partial charge in [0.1, 0.15) is 0 Å². The SMILES string of the molecule is C#CC(C)Oc1nc(NCCC)nc(-n2cccn2)n1. The lowest BCUT2D eigenvalue weighted by atomic mass is 10.4. The van der Waals surface area contributed by atoms with Gasteiger partial charge in [0.25, 0.3) is 5.95 Å². The maximum absolute atomic E-state index is 5.44. The van der Waals surface area contributed by atoms with Gasteiger partial charge in [0, 0.05) is 18.9 Å². The van der Waals surface area contributed by atoms with E-state index in [0.717, 1.165) is 13.0 Å². The fourth-order valence-corrected chi connectivity index (χ4v) is 1.40. The van der Waals surface area contributed by atoms with Crippen molar-refractivity contribution in [2.75, 3.05) is 11.9 Å². The van der Waals surface area contributed by atoms with Crippen LogP contribution in [0.1, 0.15) is 20.3 Å². The van der Waals surface area contributed by atoms with Crippen molar-refractivity contribution < 1.29 is 4.74 Å². The monoisotopic (exact) mass is 272 g/mol. The van der Waals surface area contributed by atoms with Crippen molar-refractivity contribution in [2.45, 2.75) is 26.4 Å². The van der Waals surface area contributed by atoms with E-state index in [4.69, 9.17) is 11.2 Å². The molecule has 1 atom stereocenters. The van der Waals surface area contributed by atoms with Crippen molar-refractivity contribution >= 4 is 5.95 Å². The van der Waals surface area contributed by atoms with Crippen molar-refractivity contribution in [3.8, 4) is 24.3 Å². The molecule has 7 heteroatoms. The number of nitrogens with one attached hydrogen (secondary N) is 1. The van der Waals surface area contributed by atoms with Crippen LogP contribution in [0.2, 0.25) is 0 Å². The number of rotatable bonds is 6. The van der Waals surface area contributed by atoms with E-state index in [1.54, 1.807) is 25.4 Å². The van der Waals surface area contributed by atoms with Crippen LogP contribution >= 0.6 is 0 Å². The highest BCUT2D eigenvalue weighted by Crippen LogP contribution is 2.11. The molecule has 0 amide bonds. The van der Waals surface area contributed by atoms with Crippen LogP contribution in [0.4, 0.5) is 5.95 Å². The number of hydrogen-bond donors (Lipinski definition) is 1. The summed E-state index contributed by atoms with van der Waals surface area (Å²) in [6.45, 7) is 4.56. The van der Waals surface area contributed by atoms with Crippen LogP contribution in [0, 0.1) is 12.3 Å². The van der Waals surface area contributed by atoms with Crippen LogP contribution in [0.5, 0.6) is 6.01 Å². The lowest BCUT2D eigenvalue weighted by molar-refractivity contribution is 0.255. The lowest BCUT2D eigenvalue weighted by Crippen LogP contribution is -2.15. The molecule has 1 unspecified atom stereocenters. The third kappa shape index (κ3) is 3.45. The summed E-state index contributed by atoms with van der Waals surface area (Å²) in [6, 6.07) is 1.96. The third-order valence-electron chi connectivity index (χ3n) is 2.36. The zero-order valence-electron chi connectivity index (χ0n) is 11.4. The largest absolute Gasteiger partial charge is 0.447 e. The van der Waals surface area contributed by atoms with E-state index in [-0.39, 0.29) is 6.01 Å². The molecule has 0 aliphatic carbocycles. The molecule has 1 N–H and O–H groups in total. The molecule has 2 aromatic heterocycles. The molecule has 0 saturated carbocycles. The number of anilines is 1. The molecule has 0 spiro atoms. The van der Waals surface area contributed by atoms with Crippen LogP contribution in [0.3, 0.4) is 0 Å². The van der Waals surface area contributed by atoms with Gasteiger partial charge in [-0.25, -0.2) is 4.68 Å². The van der Waals surface area contributed by atoms with Crippen molar-refractivity contribution in [1.29, 1.82) is 0 Å². The zero-order valence-corrected chi connectivity index (χ0v) is 11.4. The van der Waals surface area contributed by atoms with E-state index >= 15 is 0 Å². The van der Waals surface area contributed by atoms with Gasteiger partial charge < -0.3 is 10.1 Å². The molecular weight excluding hydrogens is 256 g/mol. The Morgan fingerprint density at radius 2 is 2.30 bits per heavy atom. The van der Waals surface area contributed by atoms with Gasteiger partial charge in [-0.05, 0) is 19.4 Å². The Bertz CT molecular complexity index is 589. The van der Waals surface area contributed by atoms with E-state index in [1.165, 1.54) is 4.68 Å². The highest BCUT2D eigenvalue weighted by Gasteiger charge is 2.11. The Hall–Kier alpha value is -2.62. The highest BCUT2D eigenvalue weighted by molar-refractivity contribution is 5.30. The first kappa shape index (κ1) is 13.8. The van der Waals surface area contributed by atoms with Crippen LogP contribution in [-0.4, -0.2) is 37.4 Å². The Morgan fingerprint density at radius 1 is 1.45 bits per heavy atom. The van der Waals surface area contributed by atoms with Crippen molar-refractivity contribution in [2.24, 2.45) is 0 Å². The minimum atomic E-state index is -0.415. The molecule has 0 bridgehead atoms. The van der Waals surface area contributed by atoms with Gasteiger partial charge in [-0.1, -0.05) is 12.8 Å². The smallest absolute Gasteiger partial charge is 0.324 e. The molecule has 0 fully saturated rings. The number of nitrogens with zero attached hydrogens (tertiary/aromatic N) is 5. The first-order valence-corrected chi connectivity index (χ1v) is 6.35. The summed E-state index contributed by atoms with van der Waals surface area (Å²) in [6.07, 6.45) is 9.22. The molecule has 2 heterocycles. The van der Waals surface area contributed by atoms with Crippen molar-refractivity contribution in [3.63, 3.8) is 0 Å². The van der Waals surface area contributed by atoms with E-state index in [1.807, 2.05) is 0 Å². The molecule has 20 heavy (non-hydrogen) atoms. The van der Waals surface area contributed by atoms with Crippen molar-refractivity contribution in [3.05, 3.63) is 18.5 Å². The molecular formula is C13H16N6O. The summed E-state index contributed by atoms with van der Waals surface area (Å²) in [4.78, 5) is 12.7.